The smallest absolute Gasteiger partial charge is 0.123 e. The number of nitrogens with one attached hydrogen (secondary N) is 1. The van der Waals surface area contributed by atoms with Gasteiger partial charge in [-0.1, -0.05) is 22.9 Å². The van der Waals surface area contributed by atoms with Crippen LogP contribution in [0.4, 0.5) is 4.39 Å². The fourth-order valence-electron chi connectivity index (χ4n) is 2.70. The number of halogens is 2. The molecule has 2 rings (SSSR count). The summed E-state index contributed by atoms with van der Waals surface area (Å²) in [6.45, 7) is 5.77. The molecule has 0 aromatic heterocycles. The van der Waals surface area contributed by atoms with Gasteiger partial charge < -0.3 is 10.1 Å². The number of hydrogen-bond donors (Lipinski definition) is 1. The van der Waals surface area contributed by atoms with Crippen molar-refractivity contribution in [3.05, 3.63) is 34.1 Å². The van der Waals surface area contributed by atoms with Crippen molar-refractivity contribution in [3.8, 4) is 0 Å². The summed E-state index contributed by atoms with van der Waals surface area (Å²) in [6.07, 6.45) is 3.51. The lowest BCUT2D eigenvalue weighted by Gasteiger charge is -2.28. The second kappa shape index (κ2) is 7.53. The lowest BCUT2D eigenvalue weighted by molar-refractivity contribution is 0.0195. The maximum Gasteiger partial charge on any atom is 0.123 e. The molecule has 1 N–H and O–H groups in total. The van der Waals surface area contributed by atoms with Crippen LogP contribution in [0, 0.1) is 11.7 Å². The third-order valence-electron chi connectivity index (χ3n) is 3.76. The van der Waals surface area contributed by atoms with E-state index in [-0.39, 0.29) is 18.0 Å². The molecular weight excluding hydrogens is 321 g/mol. The predicted octanol–water partition coefficient (Wildman–Crippen LogP) is 3.92. The average molecular weight is 344 g/mol. The molecular formula is C16H23BrFNO. The van der Waals surface area contributed by atoms with Gasteiger partial charge in [0.25, 0.3) is 0 Å². The monoisotopic (exact) mass is 343 g/mol. The average Bonchev–Trinajstić information content (AvgIpc) is 3.24. The van der Waals surface area contributed by atoms with Crippen LogP contribution in [0.5, 0.6) is 0 Å². The minimum Gasteiger partial charge on any atom is -0.377 e. The van der Waals surface area contributed by atoms with E-state index in [1.807, 2.05) is 6.92 Å². The van der Waals surface area contributed by atoms with Crippen LogP contribution in [0.15, 0.2) is 22.7 Å². The van der Waals surface area contributed by atoms with Crippen LogP contribution in [0.25, 0.3) is 0 Å². The fraction of sp³-hybridized carbons (Fsp3) is 0.625. The molecule has 1 aromatic rings. The van der Waals surface area contributed by atoms with Gasteiger partial charge in [-0.05, 0) is 62.4 Å². The molecule has 0 radical (unpaired) electrons. The molecule has 2 unspecified atom stereocenters. The van der Waals surface area contributed by atoms with E-state index in [9.17, 15) is 4.39 Å². The first-order valence-corrected chi connectivity index (χ1v) is 8.23. The number of hydrogen-bond acceptors (Lipinski definition) is 2. The van der Waals surface area contributed by atoms with Crippen LogP contribution >= 0.6 is 15.9 Å². The zero-order chi connectivity index (χ0) is 14.5. The molecule has 20 heavy (non-hydrogen) atoms. The molecule has 4 heteroatoms. The van der Waals surface area contributed by atoms with E-state index in [2.05, 4.69) is 28.2 Å². The van der Waals surface area contributed by atoms with Gasteiger partial charge in [-0.15, -0.1) is 0 Å². The Kier molecular flexibility index (Phi) is 6.00. The van der Waals surface area contributed by atoms with Crippen molar-refractivity contribution in [3.63, 3.8) is 0 Å². The molecule has 1 aliphatic rings. The Bertz CT molecular complexity index is 436. The van der Waals surface area contributed by atoms with Crippen LogP contribution in [0.1, 0.15) is 32.3 Å². The van der Waals surface area contributed by atoms with E-state index in [1.165, 1.54) is 18.9 Å². The van der Waals surface area contributed by atoms with E-state index in [0.29, 0.717) is 5.92 Å². The van der Waals surface area contributed by atoms with Gasteiger partial charge in [0.1, 0.15) is 5.82 Å². The lowest BCUT2D eigenvalue weighted by Crippen LogP contribution is -2.44. The van der Waals surface area contributed by atoms with Crippen molar-refractivity contribution in [2.75, 3.05) is 13.2 Å². The van der Waals surface area contributed by atoms with Crippen LogP contribution in [0.3, 0.4) is 0 Å². The maximum atomic E-state index is 13.4. The summed E-state index contributed by atoms with van der Waals surface area (Å²) >= 11 is 3.52. The Labute approximate surface area is 129 Å². The highest BCUT2D eigenvalue weighted by Gasteiger charge is 2.37. The van der Waals surface area contributed by atoms with Gasteiger partial charge in [0, 0.05) is 17.1 Å². The Morgan fingerprint density at radius 3 is 2.75 bits per heavy atom. The molecule has 1 saturated carbocycles. The van der Waals surface area contributed by atoms with Gasteiger partial charge in [-0.3, -0.25) is 0 Å². The minimum atomic E-state index is -0.183. The molecule has 0 heterocycles. The van der Waals surface area contributed by atoms with Crippen molar-refractivity contribution in [1.82, 2.24) is 5.32 Å². The first-order valence-electron chi connectivity index (χ1n) is 7.44. The molecule has 0 saturated heterocycles. The maximum absolute atomic E-state index is 13.4. The molecule has 112 valence electrons. The van der Waals surface area contributed by atoms with E-state index < -0.39 is 0 Å². The topological polar surface area (TPSA) is 21.3 Å². The summed E-state index contributed by atoms with van der Waals surface area (Å²) in [7, 11) is 0. The zero-order valence-corrected chi connectivity index (χ0v) is 13.7. The quantitative estimate of drug-likeness (QED) is 0.772. The Morgan fingerprint density at radius 2 is 2.15 bits per heavy atom. The summed E-state index contributed by atoms with van der Waals surface area (Å²) in [5.74, 6) is 0.476. The largest absolute Gasteiger partial charge is 0.377 e. The Balaban J connectivity index is 2.12. The summed E-state index contributed by atoms with van der Waals surface area (Å²) in [5.41, 5.74) is 1.00. The normalized spacial score (nSPS) is 18.0. The molecule has 1 fully saturated rings. The first-order chi connectivity index (χ1) is 9.65. The second-order valence-electron chi connectivity index (χ2n) is 5.36. The molecule has 0 amide bonds. The van der Waals surface area contributed by atoms with Gasteiger partial charge in [0.05, 0.1) is 6.10 Å². The van der Waals surface area contributed by atoms with E-state index >= 15 is 0 Å². The standard InChI is InChI=1S/C16H23BrFNO/c1-3-19-15(16(20-4-2)11-5-6-11)10-12-9-13(18)7-8-14(12)17/h7-9,11,15-16,19H,3-6,10H2,1-2H3. The molecule has 0 spiro atoms. The van der Waals surface area contributed by atoms with Crippen molar-refractivity contribution in [1.29, 1.82) is 0 Å². The van der Waals surface area contributed by atoms with Crippen molar-refractivity contribution in [2.45, 2.75) is 45.3 Å². The van der Waals surface area contributed by atoms with Gasteiger partial charge in [-0.25, -0.2) is 4.39 Å². The molecule has 0 aliphatic heterocycles. The third kappa shape index (κ3) is 4.27. The highest BCUT2D eigenvalue weighted by atomic mass is 79.9. The van der Waals surface area contributed by atoms with E-state index in [4.69, 9.17) is 4.74 Å². The van der Waals surface area contributed by atoms with Crippen molar-refractivity contribution >= 4 is 15.9 Å². The molecule has 1 aliphatic carbocycles. The highest BCUT2D eigenvalue weighted by molar-refractivity contribution is 9.10. The zero-order valence-electron chi connectivity index (χ0n) is 12.2. The van der Waals surface area contributed by atoms with E-state index in [0.717, 1.165) is 29.6 Å². The number of benzene rings is 1. The van der Waals surface area contributed by atoms with Crippen molar-refractivity contribution in [2.24, 2.45) is 5.92 Å². The van der Waals surface area contributed by atoms with Gasteiger partial charge in [-0.2, -0.15) is 0 Å². The summed E-state index contributed by atoms with van der Waals surface area (Å²) in [5, 5.41) is 3.52. The molecule has 2 atom stereocenters. The fourth-order valence-corrected chi connectivity index (χ4v) is 3.11. The Morgan fingerprint density at radius 1 is 1.40 bits per heavy atom. The summed E-state index contributed by atoms with van der Waals surface area (Å²) in [6, 6.07) is 5.12. The second-order valence-corrected chi connectivity index (χ2v) is 6.22. The lowest BCUT2D eigenvalue weighted by atomic mass is 9.98. The van der Waals surface area contributed by atoms with Crippen LogP contribution in [-0.4, -0.2) is 25.3 Å². The van der Waals surface area contributed by atoms with Crippen LogP contribution < -0.4 is 5.32 Å². The summed E-state index contributed by atoms with van der Waals surface area (Å²) < 4.78 is 20.3. The third-order valence-corrected chi connectivity index (χ3v) is 4.53. The molecule has 2 nitrogen and oxygen atoms in total. The SMILES string of the molecule is CCNC(Cc1cc(F)ccc1Br)C(OCC)C1CC1. The molecule has 0 bridgehead atoms. The molecule has 1 aromatic carbocycles. The predicted molar refractivity (Wildman–Crippen MR) is 83.4 cm³/mol. The first kappa shape index (κ1) is 15.9. The van der Waals surface area contributed by atoms with E-state index in [1.54, 1.807) is 12.1 Å². The van der Waals surface area contributed by atoms with Crippen LogP contribution in [0.2, 0.25) is 0 Å². The minimum absolute atomic E-state index is 0.183. The van der Waals surface area contributed by atoms with Crippen molar-refractivity contribution < 1.29 is 9.13 Å². The van der Waals surface area contributed by atoms with Crippen LogP contribution in [-0.2, 0) is 11.2 Å². The van der Waals surface area contributed by atoms with Gasteiger partial charge in [0.2, 0.25) is 0 Å². The Hall–Kier alpha value is -0.450. The van der Waals surface area contributed by atoms with Gasteiger partial charge >= 0.3 is 0 Å². The highest BCUT2D eigenvalue weighted by Crippen LogP contribution is 2.37. The summed E-state index contributed by atoms with van der Waals surface area (Å²) in [4.78, 5) is 0. The van der Waals surface area contributed by atoms with Gasteiger partial charge in [0.15, 0.2) is 0 Å². The number of likely N-dealkylation sites (N-methyl/N-ethyl adjacent to an activating group) is 1. The number of rotatable bonds is 8. The number of ether oxygens (including phenoxy) is 1.